The first-order valence-corrected chi connectivity index (χ1v) is 8.07. The number of aliphatic imine (C=N–C) groups is 1. The van der Waals surface area contributed by atoms with E-state index in [0.29, 0.717) is 6.04 Å². The Hall–Kier alpha value is -1.97. The Balaban J connectivity index is 1.59. The van der Waals surface area contributed by atoms with E-state index in [2.05, 4.69) is 39.9 Å². The number of rotatable bonds is 7. The minimum Gasteiger partial charge on any atom is -0.497 e. The average Bonchev–Trinajstić information content (AvgIpc) is 3.07. The van der Waals surface area contributed by atoms with Gasteiger partial charge in [-0.1, -0.05) is 24.3 Å². The molecule has 0 atom stereocenters. The second-order valence-corrected chi connectivity index (χ2v) is 5.59. The van der Waals surface area contributed by atoms with Gasteiger partial charge in [0.15, 0.2) is 5.96 Å². The number of hydrogen-bond donors (Lipinski definition) is 2. The summed E-state index contributed by atoms with van der Waals surface area (Å²) in [5.41, 5.74) is 1.36. The van der Waals surface area contributed by atoms with E-state index in [-0.39, 0.29) is 0 Å². The number of aryl methyl sites for hydroxylation is 1. The van der Waals surface area contributed by atoms with Crippen molar-refractivity contribution in [1.82, 2.24) is 10.6 Å². The van der Waals surface area contributed by atoms with E-state index in [1.165, 1.54) is 12.0 Å². The molecule has 0 aromatic heterocycles. The maximum absolute atomic E-state index is 5.17. The van der Waals surface area contributed by atoms with Gasteiger partial charge in [0.2, 0.25) is 0 Å². The van der Waals surface area contributed by atoms with E-state index in [9.17, 15) is 0 Å². The molecule has 0 saturated carbocycles. The Kier molecular flexibility index (Phi) is 6.81. The normalized spacial score (nSPS) is 15.1. The molecule has 120 valence electrons. The predicted octanol–water partition coefficient (Wildman–Crippen LogP) is 2.90. The van der Waals surface area contributed by atoms with E-state index < -0.39 is 0 Å². The maximum Gasteiger partial charge on any atom is 0.191 e. The SMILES string of the molecule is CN=C(NCCCCc1ccc(OC)cc1)NC1CC=CC1. The molecule has 22 heavy (non-hydrogen) atoms. The highest BCUT2D eigenvalue weighted by atomic mass is 16.5. The highest BCUT2D eigenvalue weighted by Gasteiger charge is 2.10. The molecule has 0 radical (unpaired) electrons. The number of nitrogens with one attached hydrogen (secondary N) is 2. The number of methoxy groups -OCH3 is 1. The number of guanidine groups is 1. The van der Waals surface area contributed by atoms with Crippen molar-refractivity contribution in [2.24, 2.45) is 4.99 Å². The van der Waals surface area contributed by atoms with Crippen molar-refractivity contribution in [3.63, 3.8) is 0 Å². The molecule has 2 rings (SSSR count). The minimum absolute atomic E-state index is 0.505. The summed E-state index contributed by atoms with van der Waals surface area (Å²) < 4.78 is 5.17. The summed E-state index contributed by atoms with van der Waals surface area (Å²) in [5.74, 6) is 1.83. The third kappa shape index (κ3) is 5.43. The van der Waals surface area contributed by atoms with Gasteiger partial charge < -0.3 is 15.4 Å². The summed E-state index contributed by atoms with van der Waals surface area (Å²) >= 11 is 0. The van der Waals surface area contributed by atoms with E-state index >= 15 is 0 Å². The summed E-state index contributed by atoms with van der Waals surface area (Å²) in [6, 6.07) is 8.83. The van der Waals surface area contributed by atoms with Gasteiger partial charge in [0, 0.05) is 19.6 Å². The van der Waals surface area contributed by atoms with Crippen molar-refractivity contribution in [2.45, 2.75) is 38.1 Å². The fraction of sp³-hybridized carbons (Fsp3) is 0.500. The van der Waals surface area contributed by atoms with Crippen molar-refractivity contribution in [1.29, 1.82) is 0 Å². The molecular weight excluding hydrogens is 274 g/mol. The molecule has 0 saturated heterocycles. The molecule has 0 amide bonds. The van der Waals surface area contributed by atoms with Crippen molar-refractivity contribution in [3.05, 3.63) is 42.0 Å². The summed E-state index contributed by atoms with van der Waals surface area (Å²) in [6.07, 6.45) is 10.0. The predicted molar refractivity (Wildman–Crippen MR) is 92.6 cm³/mol. The topological polar surface area (TPSA) is 45.7 Å². The van der Waals surface area contributed by atoms with Crippen molar-refractivity contribution >= 4 is 5.96 Å². The van der Waals surface area contributed by atoms with Crippen LogP contribution in [-0.4, -0.2) is 32.7 Å². The highest BCUT2D eigenvalue weighted by molar-refractivity contribution is 5.80. The van der Waals surface area contributed by atoms with Crippen LogP contribution in [0.4, 0.5) is 0 Å². The zero-order valence-electron chi connectivity index (χ0n) is 13.6. The highest BCUT2D eigenvalue weighted by Crippen LogP contribution is 2.13. The van der Waals surface area contributed by atoms with Crippen LogP contribution in [0, 0.1) is 0 Å². The first-order chi connectivity index (χ1) is 10.8. The molecule has 1 aromatic carbocycles. The first-order valence-electron chi connectivity index (χ1n) is 8.07. The van der Waals surface area contributed by atoms with Crippen LogP contribution in [0.5, 0.6) is 5.75 Å². The molecule has 1 aliphatic carbocycles. The van der Waals surface area contributed by atoms with E-state index in [1.54, 1.807) is 7.11 Å². The molecule has 0 aliphatic heterocycles. The summed E-state index contributed by atoms with van der Waals surface area (Å²) in [5, 5.41) is 6.84. The van der Waals surface area contributed by atoms with Gasteiger partial charge in [0.1, 0.15) is 5.75 Å². The van der Waals surface area contributed by atoms with Crippen molar-refractivity contribution in [3.8, 4) is 5.75 Å². The van der Waals surface area contributed by atoms with Gasteiger partial charge in [0.25, 0.3) is 0 Å². The Morgan fingerprint density at radius 2 is 1.91 bits per heavy atom. The molecule has 4 heteroatoms. The lowest BCUT2D eigenvalue weighted by atomic mass is 10.1. The molecule has 0 spiro atoms. The Morgan fingerprint density at radius 1 is 1.18 bits per heavy atom. The standard InChI is InChI=1S/C18H27N3O/c1-19-18(21-16-8-3-4-9-16)20-14-6-5-7-15-10-12-17(22-2)13-11-15/h3-4,10-13,16H,5-9,14H2,1-2H3,(H2,19,20,21). The second-order valence-electron chi connectivity index (χ2n) is 5.59. The van der Waals surface area contributed by atoms with E-state index in [1.807, 2.05) is 19.2 Å². The van der Waals surface area contributed by atoms with Crippen LogP contribution in [0.25, 0.3) is 0 Å². The van der Waals surface area contributed by atoms with Gasteiger partial charge in [-0.15, -0.1) is 0 Å². The fourth-order valence-corrected chi connectivity index (χ4v) is 2.58. The van der Waals surface area contributed by atoms with Crippen LogP contribution in [-0.2, 0) is 6.42 Å². The quantitative estimate of drug-likeness (QED) is 0.352. The van der Waals surface area contributed by atoms with Gasteiger partial charge in [-0.05, 0) is 49.8 Å². The number of hydrogen-bond acceptors (Lipinski definition) is 2. The van der Waals surface area contributed by atoms with Gasteiger partial charge in [0.05, 0.1) is 7.11 Å². The maximum atomic E-state index is 5.17. The molecule has 0 unspecified atom stereocenters. The molecule has 4 nitrogen and oxygen atoms in total. The zero-order chi connectivity index (χ0) is 15.6. The molecule has 2 N–H and O–H groups in total. The third-order valence-corrected chi connectivity index (χ3v) is 3.92. The lowest BCUT2D eigenvalue weighted by Crippen LogP contribution is -2.42. The van der Waals surface area contributed by atoms with Crippen LogP contribution >= 0.6 is 0 Å². The second kappa shape index (κ2) is 9.13. The van der Waals surface area contributed by atoms with Crippen LogP contribution in [0.15, 0.2) is 41.4 Å². The first kappa shape index (κ1) is 16.4. The number of ether oxygens (including phenoxy) is 1. The lowest BCUT2D eigenvalue weighted by Gasteiger charge is -2.16. The smallest absolute Gasteiger partial charge is 0.191 e. The summed E-state index contributed by atoms with van der Waals surface area (Å²) in [4.78, 5) is 4.28. The van der Waals surface area contributed by atoms with Crippen molar-refractivity contribution < 1.29 is 4.74 Å². The molecule has 0 heterocycles. The van der Waals surface area contributed by atoms with E-state index in [0.717, 1.165) is 43.9 Å². The van der Waals surface area contributed by atoms with Gasteiger partial charge in [-0.3, -0.25) is 4.99 Å². The Morgan fingerprint density at radius 3 is 2.55 bits per heavy atom. The Bertz CT molecular complexity index is 486. The molecule has 1 aliphatic rings. The molecular formula is C18H27N3O. The molecule has 0 bridgehead atoms. The zero-order valence-corrected chi connectivity index (χ0v) is 13.6. The number of benzene rings is 1. The Labute approximate surface area is 133 Å². The van der Waals surface area contributed by atoms with Gasteiger partial charge in [-0.25, -0.2) is 0 Å². The van der Waals surface area contributed by atoms with Crippen LogP contribution in [0.2, 0.25) is 0 Å². The monoisotopic (exact) mass is 301 g/mol. The van der Waals surface area contributed by atoms with Crippen LogP contribution in [0.3, 0.4) is 0 Å². The van der Waals surface area contributed by atoms with Crippen molar-refractivity contribution in [2.75, 3.05) is 20.7 Å². The number of nitrogens with zero attached hydrogens (tertiary/aromatic N) is 1. The number of unbranched alkanes of at least 4 members (excludes halogenated alkanes) is 1. The van der Waals surface area contributed by atoms with Gasteiger partial charge >= 0.3 is 0 Å². The molecule has 0 fully saturated rings. The van der Waals surface area contributed by atoms with Crippen LogP contribution < -0.4 is 15.4 Å². The lowest BCUT2D eigenvalue weighted by molar-refractivity contribution is 0.414. The van der Waals surface area contributed by atoms with Gasteiger partial charge in [-0.2, -0.15) is 0 Å². The molecule has 1 aromatic rings. The fourth-order valence-electron chi connectivity index (χ4n) is 2.58. The minimum atomic E-state index is 0.505. The van der Waals surface area contributed by atoms with E-state index in [4.69, 9.17) is 4.74 Å². The summed E-state index contributed by atoms with van der Waals surface area (Å²) in [6.45, 7) is 0.954. The largest absolute Gasteiger partial charge is 0.497 e. The summed E-state index contributed by atoms with van der Waals surface area (Å²) in [7, 11) is 3.53. The average molecular weight is 301 g/mol. The third-order valence-electron chi connectivity index (χ3n) is 3.92. The van der Waals surface area contributed by atoms with Crippen LogP contribution in [0.1, 0.15) is 31.2 Å².